The molecule has 2 amide bonds. The van der Waals surface area contributed by atoms with Crippen molar-refractivity contribution in [1.82, 2.24) is 0 Å². The number of para-hydroxylation sites is 2. The highest BCUT2D eigenvalue weighted by Crippen LogP contribution is 2.25. The number of hydrogen-bond donors (Lipinski definition) is 0. The molecule has 2 aromatic heterocycles. The van der Waals surface area contributed by atoms with Gasteiger partial charge in [0.1, 0.15) is 11.2 Å². The summed E-state index contributed by atoms with van der Waals surface area (Å²) < 4.78 is 12.0. The minimum Gasteiger partial charge on any atom is -0.438 e. The summed E-state index contributed by atoms with van der Waals surface area (Å²) in [6.45, 7) is 0. The van der Waals surface area contributed by atoms with Crippen LogP contribution in [0, 0.1) is 20.2 Å². The molecule has 0 N–H and O–H groups in total. The van der Waals surface area contributed by atoms with Crippen molar-refractivity contribution in [2.75, 3.05) is 0 Å². The number of nitrogens with zero attached hydrogens (tertiary/aromatic N) is 4. The van der Waals surface area contributed by atoms with E-state index in [1.54, 1.807) is 36.4 Å². The van der Waals surface area contributed by atoms with Crippen LogP contribution in [-0.2, 0) is 9.59 Å². The van der Waals surface area contributed by atoms with E-state index >= 15 is 0 Å². The van der Waals surface area contributed by atoms with Crippen LogP contribution in [0.4, 0.5) is 11.4 Å². The number of non-ortho nitro benzene ring substituents is 2. The van der Waals surface area contributed by atoms with Crippen molar-refractivity contribution in [1.29, 1.82) is 0 Å². The van der Waals surface area contributed by atoms with Crippen LogP contribution >= 0.6 is 0 Å². The van der Waals surface area contributed by atoms with E-state index in [2.05, 4.69) is 9.98 Å². The quantitative estimate of drug-likeness (QED) is 0.0653. The number of nitro benzene ring substituents is 2. The van der Waals surface area contributed by atoms with E-state index in [1.807, 2.05) is 48.5 Å². The molecule has 6 aromatic rings. The number of hydrogen-bond acceptors (Lipinski definition) is 8. The van der Waals surface area contributed by atoms with Gasteiger partial charge in [-0.15, -0.1) is 0 Å². The molecule has 2 heterocycles. The Balaban J connectivity index is 1.01. The molecule has 12 heteroatoms. The predicted molar refractivity (Wildman–Crippen MR) is 195 cm³/mol. The van der Waals surface area contributed by atoms with Crippen LogP contribution in [0.2, 0.25) is 0 Å². The second-order valence-corrected chi connectivity index (χ2v) is 12.2. The van der Waals surface area contributed by atoms with Gasteiger partial charge in [0.25, 0.3) is 11.4 Å². The highest BCUT2D eigenvalue weighted by Gasteiger charge is 2.13. The first-order valence-electron chi connectivity index (χ1n) is 17.0. The van der Waals surface area contributed by atoms with Crippen LogP contribution in [0.3, 0.4) is 0 Å². The number of unbranched alkanes of at least 4 members (excludes halogenated alkanes) is 5. The minimum atomic E-state index is -0.467. The molecule has 0 unspecified atom stereocenters. The summed E-state index contributed by atoms with van der Waals surface area (Å²) >= 11 is 0. The number of nitro groups is 2. The van der Waals surface area contributed by atoms with Gasteiger partial charge >= 0.3 is 0 Å². The summed E-state index contributed by atoms with van der Waals surface area (Å²) in [4.78, 5) is 55.6. The number of carbonyl (C=O) groups excluding carboxylic acids is 2. The predicted octanol–water partition coefficient (Wildman–Crippen LogP) is 9.01. The number of amides is 2. The second kappa shape index (κ2) is 16.4. The summed E-state index contributed by atoms with van der Waals surface area (Å²) in [5.41, 5.74) is 3.82. The molecule has 0 saturated heterocycles. The van der Waals surface area contributed by atoms with Gasteiger partial charge in [0.05, 0.1) is 9.85 Å². The zero-order chi connectivity index (χ0) is 36.5. The van der Waals surface area contributed by atoms with E-state index in [0.29, 0.717) is 46.3 Å². The summed E-state index contributed by atoms with van der Waals surface area (Å²) in [6.07, 6.45) is 5.18. The highest BCUT2D eigenvalue weighted by molar-refractivity contribution is 5.84. The normalized spacial score (nSPS) is 12.0. The lowest BCUT2D eigenvalue weighted by atomic mass is 10.1. The van der Waals surface area contributed by atoms with Crippen LogP contribution < -0.4 is 11.1 Å². The zero-order valence-corrected chi connectivity index (χ0v) is 28.1. The van der Waals surface area contributed by atoms with Crippen molar-refractivity contribution in [2.24, 2.45) is 9.98 Å². The van der Waals surface area contributed by atoms with Gasteiger partial charge in [0.2, 0.25) is 22.9 Å². The first-order chi connectivity index (χ1) is 25.2. The van der Waals surface area contributed by atoms with E-state index < -0.39 is 9.85 Å². The van der Waals surface area contributed by atoms with Crippen molar-refractivity contribution in [2.45, 2.75) is 51.4 Å². The minimum absolute atomic E-state index is 0.0370. The molecule has 0 spiro atoms. The van der Waals surface area contributed by atoms with Crippen LogP contribution in [0.5, 0.6) is 0 Å². The molecule has 0 bridgehead atoms. The number of benzene rings is 4. The van der Waals surface area contributed by atoms with Gasteiger partial charge < -0.3 is 8.83 Å². The summed E-state index contributed by atoms with van der Waals surface area (Å²) in [5.74, 6) is -0.636. The lowest BCUT2D eigenvalue weighted by molar-refractivity contribution is -0.385. The standard InChI is InChI=1S/C40H34N4O8/c45-37(41-39-33(25-29-11-7-9-13-35(29)51-39)27-17-21-31(22-18-27)43(47)48)15-5-3-1-2-4-6-16-38(46)42-40-34(26-30-12-8-10-14-36(30)52-40)28-19-23-32(24-20-28)44(49)50/h7-14,17-26H,1-6,15-16H2. The smallest absolute Gasteiger partial charge is 0.269 e. The Labute approximate surface area is 297 Å². The summed E-state index contributed by atoms with van der Waals surface area (Å²) in [5, 5.41) is 23.9. The molecular weight excluding hydrogens is 664 g/mol. The monoisotopic (exact) mass is 698 g/mol. The number of fused-ring (bicyclic) bond motifs is 2. The summed E-state index contributed by atoms with van der Waals surface area (Å²) in [7, 11) is 0. The zero-order valence-electron chi connectivity index (χ0n) is 28.1. The first kappa shape index (κ1) is 35.3. The average molecular weight is 699 g/mol. The summed E-state index contributed by atoms with van der Waals surface area (Å²) in [6, 6.07) is 30.5. The molecule has 0 radical (unpaired) electrons. The Morgan fingerprint density at radius 2 is 0.885 bits per heavy atom. The molecule has 6 rings (SSSR count). The second-order valence-electron chi connectivity index (χ2n) is 12.2. The van der Waals surface area contributed by atoms with Gasteiger partial charge in [-0.2, -0.15) is 9.98 Å². The maximum atomic E-state index is 12.9. The maximum Gasteiger partial charge on any atom is 0.269 e. The van der Waals surface area contributed by atoms with Crippen molar-refractivity contribution in [3.8, 4) is 22.3 Å². The van der Waals surface area contributed by atoms with E-state index in [0.717, 1.165) is 36.5 Å². The van der Waals surface area contributed by atoms with Crippen molar-refractivity contribution < 1.29 is 28.3 Å². The third kappa shape index (κ3) is 8.77. The molecule has 0 fully saturated rings. The average Bonchev–Trinajstić information content (AvgIpc) is 3.15. The van der Waals surface area contributed by atoms with Gasteiger partial charge in [-0.05, 0) is 72.5 Å². The molecule has 52 heavy (non-hydrogen) atoms. The fourth-order valence-electron chi connectivity index (χ4n) is 5.84. The molecule has 4 aromatic carbocycles. The van der Waals surface area contributed by atoms with Crippen LogP contribution in [-0.4, -0.2) is 21.7 Å². The Hall–Kier alpha value is -6.56. The lowest BCUT2D eigenvalue weighted by Crippen LogP contribution is -2.10. The fraction of sp³-hybridized carbons (Fsp3) is 0.200. The molecule has 0 atom stereocenters. The largest absolute Gasteiger partial charge is 0.438 e. The third-order valence-corrected chi connectivity index (χ3v) is 8.57. The van der Waals surface area contributed by atoms with Gasteiger partial charge in [-0.1, -0.05) is 62.1 Å². The van der Waals surface area contributed by atoms with Gasteiger partial charge in [-0.3, -0.25) is 29.8 Å². The molecule has 262 valence electrons. The molecule has 0 aliphatic heterocycles. The molecular formula is C40H34N4O8. The van der Waals surface area contributed by atoms with Crippen LogP contribution in [0.25, 0.3) is 44.2 Å². The van der Waals surface area contributed by atoms with E-state index in [4.69, 9.17) is 8.83 Å². The SMILES string of the molecule is O=C(CCCCCCCCC(=O)N=c1oc2ccccc2cc1-c1ccc([N+](=O)[O-])cc1)N=c1oc2ccccc2cc1-c1ccc([N+](=O)[O-])cc1. The lowest BCUT2D eigenvalue weighted by Gasteiger charge is -2.05. The Morgan fingerprint density at radius 1 is 0.519 bits per heavy atom. The van der Waals surface area contributed by atoms with Crippen LogP contribution in [0.1, 0.15) is 51.4 Å². The Kier molecular flexibility index (Phi) is 11.1. The van der Waals surface area contributed by atoms with Crippen molar-refractivity contribution >= 4 is 45.1 Å². The van der Waals surface area contributed by atoms with Crippen LogP contribution in [0.15, 0.2) is 128 Å². The first-order valence-corrected chi connectivity index (χ1v) is 17.0. The molecule has 0 saturated carbocycles. The number of rotatable bonds is 13. The van der Waals surface area contributed by atoms with Gasteiger partial charge in [0, 0.05) is 59.0 Å². The highest BCUT2D eigenvalue weighted by atomic mass is 16.6. The van der Waals surface area contributed by atoms with Crippen molar-refractivity contribution in [3.05, 3.63) is 141 Å². The molecule has 0 aliphatic carbocycles. The fourth-order valence-corrected chi connectivity index (χ4v) is 5.84. The third-order valence-electron chi connectivity index (χ3n) is 8.57. The topological polar surface area (TPSA) is 171 Å². The van der Waals surface area contributed by atoms with Crippen molar-refractivity contribution in [3.63, 3.8) is 0 Å². The molecule has 0 aliphatic rings. The molecule has 12 nitrogen and oxygen atoms in total. The van der Waals surface area contributed by atoms with Gasteiger partial charge in [0.15, 0.2) is 0 Å². The van der Waals surface area contributed by atoms with E-state index in [9.17, 15) is 29.8 Å². The van der Waals surface area contributed by atoms with E-state index in [1.165, 1.54) is 24.3 Å². The van der Waals surface area contributed by atoms with Gasteiger partial charge in [-0.25, -0.2) is 0 Å². The Bertz CT molecular complexity index is 2240. The Morgan fingerprint density at radius 3 is 1.27 bits per heavy atom. The van der Waals surface area contributed by atoms with E-state index in [-0.39, 0.29) is 47.1 Å². The number of carbonyl (C=O) groups is 2. The maximum absolute atomic E-state index is 12.9.